The number of fused-ring (bicyclic) bond motifs is 6. The fraction of sp³-hybridized carbons (Fsp3) is 0.108. The molecule has 0 saturated carbocycles. The molecule has 2 aromatic heterocycles. The van der Waals surface area contributed by atoms with Crippen LogP contribution < -0.4 is 0 Å². The molecule has 0 fully saturated rings. The molecule has 2 heterocycles. The van der Waals surface area contributed by atoms with E-state index in [1.54, 1.807) is 0 Å². The van der Waals surface area contributed by atoms with Crippen LogP contribution in [0.3, 0.4) is 0 Å². The van der Waals surface area contributed by atoms with E-state index in [2.05, 4.69) is 257 Å². The van der Waals surface area contributed by atoms with Crippen molar-refractivity contribution in [3.8, 4) is 55.9 Å². The molecular weight excluding hydrogens is 809 g/mol. The number of hydrogen-bond acceptors (Lipinski definition) is 0. The topological polar surface area (TPSA) is 9.86 Å². The highest BCUT2D eigenvalue weighted by Crippen LogP contribution is 2.41. The summed E-state index contributed by atoms with van der Waals surface area (Å²) in [5.41, 5.74) is 24.0. The van der Waals surface area contributed by atoms with Crippen LogP contribution in [-0.2, 0) is 0 Å². The van der Waals surface area contributed by atoms with Crippen molar-refractivity contribution in [2.24, 2.45) is 0 Å². The van der Waals surface area contributed by atoms with E-state index in [4.69, 9.17) is 0 Å². The number of nitrogens with zero attached hydrogens (tertiary/aromatic N) is 2. The first-order valence-corrected chi connectivity index (χ1v) is 23.7. The van der Waals surface area contributed by atoms with Crippen molar-refractivity contribution in [2.75, 3.05) is 0 Å². The van der Waals surface area contributed by atoms with Crippen LogP contribution >= 0.6 is 0 Å². The van der Waals surface area contributed by atoms with E-state index in [1.807, 2.05) is 0 Å². The maximum Gasteiger partial charge on any atom is 0.0541 e. The molecule has 2 nitrogen and oxygen atoms in total. The van der Waals surface area contributed by atoms with Gasteiger partial charge in [-0.05, 0) is 182 Å². The maximum absolute atomic E-state index is 2.48. The van der Waals surface area contributed by atoms with Crippen molar-refractivity contribution in [1.29, 1.82) is 0 Å². The van der Waals surface area contributed by atoms with Gasteiger partial charge in [-0.2, -0.15) is 0 Å². The van der Waals surface area contributed by atoms with Crippen LogP contribution in [0.5, 0.6) is 0 Å². The Kier molecular flexibility index (Phi) is 10.7. The lowest BCUT2D eigenvalue weighted by Crippen LogP contribution is -2.00. The molecule has 67 heavy (non-hydrogen) atoms. The molecule has 11 aromatic rings. The van der Waals surface area contributed by atoms with Crippen molar-refractivity contribution in [2.45, 2.75) is 48.0 Å². The van der Waals surface area contributed by atoms with Gasteiger partial charge in [0, 0.05) is 32.9 Å². The van der Waals surface area contributed by atoms with E-state index in [1.165, 1.54) is 110 Å². The van der Waals surface area contributed by atoms with Gasteiger partial charge in [-0.15, -0.1) is 0 Å². The molecule has 0 amide bonds. The summed E-state index contributed by atoms with van der Waals surface area (Å²) in [5, 5.41) is 5.08. The van der Waals surface area contributed by atoms with Gasteiger partial charge in [-0.3, -0.25) is 0 Å². The summed E-state index contributed by atoms with van der Waals surface area (Å²) >= 11 is 0. The Hall–Kier alpha value is -7.94. The van der Waals surface area contributed by atoms with Crippen LogP contribution in [0.1, 0.15) is 48.1 Å². The minimum Gasteiger partial charge on any atom is -0.309 e. The molecule has 0 radical (unpaired) electrons. The lowest BCUT2D eigenvalue weighted by molar-refractivity contribution is 1.13. The van der Waals surface area contributed by atoms with Crippen molar-refractivity contribution in [3.63, 3.8) is 0 Å². The smallest absolute Gasteiger partial charge is 0.0541 e. The Balaban J connectivity index is 1.18. The lowest BCUT2D eigenvalue weighted by atomic mass is 9.91. The molecule has 0 saturated heterocycles. The summed E-state index contributed by atoms with van der Waals surface area (Å²) in [5.74, 6) is 0. The van der Waals surface area contributed by atoms with Crippen LogP contribution in [0.2, 0.25) is 0 Å². The molecule has 11 rings (SSSR count). The van der Waals surface area contributed by atoms with Gasteiger partial charge >= 0.3 is 0 Å². The van der Waals surface area contributed by atoms with Gasteiger partial charge in [0.15, 0.2) is 0 Å². The van der Waals surface area contributed by atoms with Gasteiger partial charge in [0.2, 0.25) is 0 Å². The van der Waals surface area contributed by atoms with Gasteiger partial charge in [0.05, 0.1) is 22.1 Å². The molecule has 2 heteroatoms. The maximum atomic E-state index is 2.48. The first kappa shape index (κ1) is 41.7. The van der Waals surface area contributed by atoms with E-state index in [0.29, 0.717) is 0 Å². The molecule has 0 aliphatic heterocycles. The number of aromatic nitrogens is 2. The predicted octanol–water partition coefficient (Wildman–Crippen LogP) is 18.2. The molecule has 9 aromatic carbocycles. The zero-order valence-electron chi connectivity index (χ0n) is 39.2. The average Bonchev–Trinajstić information content (AvgIpc) is 3.85. The monoisotopic (exact) mass is 862 g/mol. The Morgan fingerprint density at radius 1 is 0.373 bits per heavy atom. The van der Waals surface area contributed by atoms with Crippen LogP contribution in [0.15, 0.2) is 206 Å². The van der Waals surface area contributed by atoms with E-state index >= 15 is 0 Å². The minimum absolute atomic E-state index is 1.01. The average molecular weight is 863 g/mol. The highest BCUT2D eigenvalue weighted by molar-refractivity contribution is 6.11. The summed E-state index contributed by atoms with van der Waals surface area (Å²) in [4.78, 5) is 0. The Labute approximate surface area is 394 Å². The molecule has 0 N–H and O–H groups in total. The van der Waals surface area contributed by atoms with Crippen LogP contribution in [0, 0.1) is 27.7 Å². The van der Waals surface area contributed by atoms with Crippen LogP contribution in [0.4, 0.5) is 0 Å². The third-order valence-corrected chi connectivity index (χ3v) is 13.6. The van der Waals surface area contributed by atoms with E-state index in [9.17, 15) is 0 Å². The third kappa shape index (κ3) is 7.69. The zero-order valence-corrected chi connectivity index (χ0v) is 39.2. The second-order valence-corrected chi connectivity index (χ2v) is 18.4. The quantitative estimate of drug-likeness (QED) is 0.128. The molecule has 0 aliphatic carbocycles. The lowest BCUT2D eigenvalue weighted by Gasteiger charge is -2.17. The highest BCUT2D eigenvalue weighted by atomic mass is 15.0. The van der Waals surface area contributed by atoms with Crippen molar-refractivity contribution < 1.29 is 0 Å². The van der Waals surface area contributed by atoms with Crippen LogP contribution in [0.25, 0.3) is 105 Å². The summed E-state index contributed by atoms with van der Waals surface area (Å²) < 4.78 is 4.96. The number of hydrogen-bond donors (Lipinski definition) is 0. The van der Waals surface area contributed by atoms with Gasteiger partial charge < -0.3 is 9.13 Å². The second kappa shape index (κ2) is 17.1. The summed E-state index contributed by atoms with van der Waals surface area (Å²) in [6, 6.07) is 70.8. The standard InChI is InChI=1S/C65H54N2/c1-7-9-13-46(8-2)48-20-24-50(25-21-48)52-36-53(51-26-22-49(23-27-51)47-14-11-10-12-15-47)38-54(37-52)55-39-56(66-62-28-16-42(3)32-58(62)59-33-43(4)17-29-63(59)66)41-57(40-55)67-64-30-18-44(5)34-60(64)61-35-45(6)19-31-65(61)67/h8-41H,7H2,1-6H3/b13-9-,46-8+. The summed E-state index contributed by atoms with van der Waals surface area (Å²) in [6.07, 6.45) is 7.67. The van der Waals surface area contributed by atoms with Gasteiger partial charge in [0.1, 0.15) is 0 Å². The Bertz CT molecular complexity index is 3480. The minimum atomic E-state index is 1.01. The molecular formula is C65H54N2. The SMILES string of the molecule is C/C=C(\C=C/CC)c1ccc(-c2cc(-c3ccc(-c4ccccc4)cc3)cc(-c3cc(-n4c5ccc(C)cc5c5cc(C)ccc54)cc(-n4c5ccc(C)cc5c5cc(C)ccc54)c3)c2)cc1. The van der Waals surface area contributed by atoms with Crippen molar-refractivity contribution >= 4 is 49.2 Å². The number of allylic oxidation sites excluding steroid dienone is 4. The Morgan fingerprint density at radius 3 is 1.13 bits per heavy atom. The largest absolute Gasteiger partial charge is 0.309 e. The van der Waals surface area contributed by atoms with E-state index < -0.39 is 0 Å². The normalized spacial score (nSPS) is 12.1. The van der Waals surface area contributed by atoms with Crippen LogP contribution in [-0.4, -0.2) is 9.13 Å². The zero-order chi connectivity index (χ0) is 45.8. The predicted molar refractivity (Wildman–Crippen MR) is 289 cm³/mol. The second-order valence-electron chi connectivity index (χ2n) is 18.4. The van der Waals surface area contributed by atoms with E-state index in [0.717, 1.165) is 28.9 Å². The summed E-state index contributed by atoms with van der Waals surface area (Å²) in [7, 11) is 0. The Morgan fingerprint density at radius 2 is 0.731 bits per heavy atom. The molecule has 0 atom stereocenters. The van der Waals surface area contributed by atoms with Gasteiger partial charge in [-0.1, -0.05) is 151 Å². The fourth-order valence-corrected chi connectivity index (χ4v) is 10.2. The first-order chi connectivity index (χ1) is 32.7. The van der Waals surface area contributed by atoms with Gasteiger partial charge in [0.25, 0.3) is 0 Å². The van der Waals surface area contributed by atoms with Gasteiger partial charge in [-0.25, -0.2) is 0 Å². The highest BCUT2D eigenvalue weighted by Gasteiger charge is 2.19. The number of benzene rings is 9. The molecule has 324 valence electrons. The first-order valence-electron chi connectivity index (χ1n) is 23.7. The van der Waals surface area contributed by atoms with Crippen molar-refractivity contribution in [1.82, 2.24) is 9.13 Å². The third-order valence-electron chi connectivity index (χ3n) is 13.6. The number of rotatable bonds is 9. The number of aryl methyl sites for hydroxylation is 4. The fourth-order valence-electron chi connectivity index (χ4n) is 10.2. The van der Waals surface area contributed by atoms with E-state index in [-0.39, 0.29) is 0 Å². The van der Waals surface area contributed by atoms with Crippen molar-refractivity contribution in [3.05, 3.63) is 234 Å². The molecule has 0 spiro atoms. The molecule has 0 unspecified atom stereocenters. The molecule has 0 bridgehead atoms. The summed E-state index contributed by atoms with van der Waals surface area (Å²) in [6.45, 7) is 13.1. The molecule has 0 aliphatic rings.